The molecular formula is C24H31ClN2O3. The maximum atomic E-state index is 12.6. The zero-order valence-electron chi connectivity index (χ0n) is 17.8. The van der Waals surface area contributed by atoms with Crippen LogP contribution in [0.2, 0.25) is 5.02 Å². The molecular weight excluding hydrogens is 400 g/mol. The van der Waals surface area contributed by atoms with Crippen molar-refractivity contribution < 1.29 is 14.3 Å². The molecule has 2 aromatic rings. The van der Waals surface area contributed by atoms with Crippen molar-refractivity contribution in [3.05, 3.63) is 53.1 Å². The Kier molecular flexibility index (Phi) is 10.2. The quantitative estimate of drug-likeness (QED) is 0.369. The molecule has 0 fully saturated rings. The van der Waals surface area contributed by atoms with E-state index in [1.807, 2.05) is 6.92 Å². The lowest BCUT2D eigenvalue weighted by atomic mass is 10.1. The molecule has 30 heavy (non-hydrogen) atoms. The van der Waals surface area contributed by atoms with Gasteiger partial charge in [-0.3, -0.25) is 9.59 Å². The third-order valence-electron chi connectivity index (χ3n) is 4.61. The van der Waals surface area contributed by atoms with E-state index in [4.69, 9.17) is 16.3 Å². The van der Waals surface area contributed by atoms with Crippen LogP contribution in [0.4, 0.5) is 11.4 Å². The molecule has 2 amide bonds. The first kappa shape index (κ1) is 23.7. The van der Waals surface area contributed by atoms with Gasteiger partial charge in [0.15, 0.2) is 0 Å². The lowest BCUT2D eigenvalue weighted by molar-refractivity contribution is -0.116. The fourth-order valence-electron chi connectivity index (χ4n) is 2.94. The Morgan fingerprint density at radius 3 is 2.33 bits per heavy atom. The Morgan fingerprint density at radius 1 is 0.900 bits per heavy atom. The smallest absolute Gasteiger partial charge is 0.255 e. The van der Waals surface area contributed by atoms with Gasteiger partial charge in [-0.25, -0.2) is 0 Å². The van der Waals surface area contributed by atoms with E-state index in [0.29, 0.717) is 35.0 Å². The molecule has 2 rings (SSSR count). The average molecular weight is 431 g/mol. The van der Waals surface area contributed by atoms with Crippen molar-refractivity contribution in [2.24, 2.45) is 0 Å². The van der Waals surface area contributed by atoms with Crippen LogP contribution in [-0.2, 0) is 4.79 Å². The van der Waals surface area contributed by atoms with Gasteiger partial charge >= 0.3 is 0 Å². The van der Waals surface area contributed by atoms with Crippen molar-refractivity contribution in [3.63, 3.8) is 0 Å². The van der Waals surface area contributed by atoms with Gasteiger partial charge in [-0.15, -0.1) is 0 Å². The van der Waals surface area contributed by atoms with Gasteiger partial charge in [-0.2, -0.15) is 0 Å². The van der Waals surface area contributed by atoms with Crippen LogP contribution in [0.5, 0.6) is 5.75 Å². The molecule has 6 heteroatoms. The molecule has 0 saturated heterocycles. The van der Waals surface area contributed by atoms with Crippen LogP contribution in [0, 0.1) is 0 Å². The number of rotatable bonds is 12. The summed E-state index contributed by atoms with van der Waals surface area (Å²) in [5.41, 5.74) is 1.54. The number of carbonyl (C=O) groups is 2. The Labute approximate surface area is 184 Å². The summed E-state index contributed by atoms with van der Waals surface area (Å²) in [5.74, 6) is 0.402. The molecule has 2 aromatic carbocycles. The lowest BCUT2D eigenvalue weighted by Crippen LogP contribution is -2.14. The third kappa shape index (κ3) is 8.07. The van der Waals surface area contributed by atoms with Crippen molar-refractivity contribution in [2.75, 3.05) is 17.2 Å². The monoisotopic (exact) mass is 430 g/mol. The Hall–Kier alpha value is -2.53. The minimum absolute atomic E-state index is 0.0712. The van der Waals surface area contributed by atoms with Crippen molar-refractivity contribution in [1.29, 1.82) is 0 Å². The first-order valence-corrected chi connectivity index (χ1v) is 11.0. The van der Waals surface area contributed by atoms with Crippen LogP contribution in [0.15, 0.2) is 42.5 Å². The first-order valence-electron chi connectivity index (χ1n) is 10.7. The van der Waals surface area contributed by atoms with Gasteiger partial charge in [0.25, 0.3) is 5.91 Å². The van der Waals surface area contributed by atoms with Crippen LogP contribution >= 0.6 is 11.6 Å². The molecule has 5 nitrogen and oxygen atoms in total. The highest BCUT2D eigenvalue weighted by molar-refractivity contribution is 6.34. The molecule has 0 bridgehead atoms. The van der Waals surface area contributed by atoms with Crippen LogP contribution in [0.25, 0.3) is 0 Å². The maximum absolute atomic E-state index is 12.6. The number of benzene rings is 2. The molecule has 162 valence electrons. The second-order valence-corrected chi connectivity index (χ2v) is 7.64. The fourth-order valence-corrected chi connectivity index (χ4v) is 3.11. The summed E-state index contributed by atoms with van der Waals surface area (Å²) < 4.78 is 5.74. The van der Waals surface area contributed by atoms with E-state index >= 15 is 0 Å². The molecule has 0 spiro atoms. The maximum Gasteiger partial charge on any atom is 0.255 e. The molecule has 0 aliphatic rings. The zero-order chi connectivity index (χ0) is 21.8. The molecule has 0 unspecified atom stereocenters. The first-order chi connectivity index (χ1) is 14.5. The van der Waals surface area contributed by atoms with E-state index < -0.39 is 0 Å². The van der Waals surface area contributed by atoms with E-state index in [0.717, 1.165) is 18.6 Å². The van der Waals surface area contributed by atoms with Crippen LogP contribution in [0.3, 0.4) is 0 Å². The van der Waals surface area contributed by atoms with E-state index in [1.165, 1.54) is 25.7 Å². The number of amides is 2. The van der Waals surface area contributed by atoms with Gasteiger partial charge < -0.3 is 15.4 Å². The molecule has 0 aliphatic carbocycles. The number of unbranched alkanes of at least 4 members (excludes halogenated alkanes) is 4. The SMILES string of the molecule is CCCCCCCOc1ccc(C(=O)Nc2cc(NC(=O)CCC)ccc2Cl)cc1. The van der Waals surface area contributed by atoms with Crippen molar-refractivity contribution in [3.8, 4) is 5.75 Å². The second-order valence-electron chi connectivity index (χ2n) is 7.23. The molecule has 0 heterocycles. The number of anilines is 2. The highest BCUT2D eigenvalue weighted by Gasteiger charge is 2.11. The highest BCUT2D eigenvalue weighted by atomic mass is 35.5. The van der Waals surface area contributed by atoms with Gasteiger partial charge in [-0.05, 0) is 55.3 Å². The summed E-state index contributed by atoms with van der Waals surface area (Å²) >= 11 is 6.21. The van der Waals surface area contributed by atoms with Crippen LogP contribution in [-0.4, -0.2) is 18.4 Å². The minimum Gasteiger partial charge on any atom is -0.494 e. The van der Waals surface area contributed by atoms with Crippen LogP contribution < -0.4 is 15.4 Å². The van der Waals surface area contributed by atoms with Gasteiger partial charge in [0.2, 0.25) is 5.91 Å². The predicted molar refractivity (Wildman–Crippen MR) is 124 cm³/mol. The minimum atomic E-state index is -0.278. The van der Waals surface area contributed by atoms with Crippen molar-refractivity contribution in [2.45, 2.75) is 58.8 Å². The molecule has 0 aliphatic heterocycles. The van der Waals surface area contributed by atoms with Gasteiger partial charge in [-0.1, -0.05) is 51.1 Å². The van der Waals surface area contributed by atoms with E-state index in [9.17, 15) is 9.59 Å². The second kappa shape index (κ2) is 12.9. The predicted octanol–water partition coefficient (Wildman–Crippen LogP) is 6.68. The summed E-state index contributed by atoms with van der Waals surface area (Å²) in [6.45, 7) is 4.82. The number of carbonyl (C=O) groups excluding carboxylic acids is 2. The van der Waals surface area contributed by atoms with E-state index in [2.05, 4.69) is 17.6 Å². The van der Waals surface area contributed by atoms with Gasteiger partial charge in [0.05, 0.1) is 17.3 Å². The number of hydrogen-bond donors (Lipinski definition) is 2. The highest BCUT2D eigenvalue weighted by Crippen LogP contribution is 2.26. The molecule has 0 atom stereocenters. The van der Waals surface area contributed by atoms with E-state index in [-0.39, 0.29) is 11.8 Å². The molecule has 0 radical (unpaired) electrons. The van der Waals surface area contributed by atoms with Crippen molar-refractivity contribution >= 4 is 34.8 Å². The summed E-state index contributed by atoms with van der Waals surface area (Å²) in [6.07, 6.45) is 7.15. The topological polar surface area (TPSA) is 67.4 Å². The largest absolute Gasteiger partial charge is 0.494 e. The van der Waals surface area contributed by atoms with E-state index in [1.54, 1.807) is 42.5 Å². The summed E-state index contributed by atoms with van der Waals surface area (Å²) in [6, 6.07) is 12.1. The number of ether oxygens (including phenoxy) is 1. The third-order valence-corrected chi connectivity index (χ3v) is 4.94. The summed E-state index contributed by atoms with van der Waals surface area (Å²) in [4.78, 5) is 24.4. The Balaban J connectivity index is 1.90. The Bertz CT molecular complexity index is 822. The fraction of sp³-hybridized carbons (Fsp3) is 0.417. The summed E-state index contributed by atoms with van der Waals surface area (Å²) in [7, 11) is 0. The lowest BCUT2D eigenvalue weighted by Gasteiger charge is -2.11. The number of hydrogen-bond acceptors (Lipinski definition) is 3. The molecule has 0 aromatic heterocycles. The van der Waals surface area contributed by atoms with Crippen molar-refractivity contribution in [1.82, 2.24) is 0 Å². The zero-order valence-corrected chi connectivity index (χ0v) is 18.6. The standard InChI is InChI=1S/C24H31ClN2O3/c1-3-5-6-7-8-16-30-20-13-10-18(11-14-20)24(29)27-22-17-19(12-15-21(22)25)26-23(28)9-4-2/h10-15,17H,3-9,16H2,1-2H3,(H,26,28)(H,27,29). The molecule has 0 saturated carbocycles. The normalized spacial score (nSPS) is 10.5. The van der Waals surface area contributed by atoms with Gasteiger partial charge in [0, 0.05) is 17.7 Å². The van der Waals surface area contributed by atoms with Crippen LogP contribution in [0.1, 0.15) is 69.2 Å². The van der Waals surface area contributed by atoms with Gasteiger partial charge in [0.1, 0.15) is 5.75 Å². The molecule has 2 N–H and O–H groups in total. The number of halogens is 1. The average Bonchev–Trinajstić information content (AvgIpc) is 2.73. The summed E-state index contributed by atoms with van der Waals surface area (Å²) in [5, 5.41) is 6.00. The Morgan fingerprint density at radius 2 is 1.63 bits per heavy atom. The number of nitrogens with one attached hydrogen (secondary N) is 2.